The van der Waals surface area contributed by atoms with Crippen LogP contribution < -0.4 is 16.2 Å². The minimum Gasteiger partial charge on any atom is -0.487 e. The van der Waals surface area contributed by atoms with Crippen LogP contribution in [0.25, 0.3) is 0 Å². The predicted molar refractivity (Wildman–Crippen MR) is 56.7 cm³/mol. The largest absolute Gasteiger partial charge is 0.487 e. The fourth-order valence-corrected chi connectivity index (χ4v) is 1.20. The van der Waals surface area contributed by atoms with Crippen molar-refractivity contribution in [2.45, 2.75) is 18.0 Å². The van der Waals surface area contributed by atoms with E-state index in [9.17, 15) is 30.7 Å². The smallest absolute Gasteiger partial charge is 0.460 e. The van der Waals surface area contributed by atoms with E-state index < -0.39 is 30.4 Å². The molecule has 0 bridgehead atoms. The molecule has 0 amide bonds. The summed E-state index contributed by atoms with van der Waals surface area (Å²) >= 11 is 0. The summed E-state index contributed by atoms with van der Waals surface area (Å²) in [5, 5.41) is 0. The zero-order valence-corrected chi connectivity index (χ0v) is 9.65. The van der Waals surface area contributed by atoms with Gasteiger partial charge in [-0.15, -0.1) is 0 Å². The molecule has 0 fully saturated rings. The lowest BCUT2D eigenvalue weighted by Gasteiger charge is -2.28. The van der Waals surface area contributed by atoms with Crippen LogP contribution in [-0.2, 0) is 0 Å². The van der Waals surface area contributed by atoms with Crippen LogP contribution in [-0.4, -0.2) is 24.6 Å². The molecule has 1 aromatic carbocycles. The number of benzene rings is 1. The van der Waals surface area contributed by atoms with E-state index in [1.54, 1.807) is 0 Å². The lowest BCUT2D eigenvalue weighted by Crippen LogP contribution is -2.54. The van der Waals surface area contributed by atoms with Gasteiger partial charge in [0.1, 0.15) is 5.75 Å². The normalized spacial score (nSPS) is 13.3. The van der Waals surface area contributed by atoms with Crippen molar-refractivity contribution in [1.82, 2.24) is 0 Å². The van der Waals surface area contributed by atoms with Crippen molar-refractivity contribution in [1.29, 1.82) is 0 Å². The monoisotopic (exact) mass is 306 g/mol. The van der Waals surface area contributed by atoms with Crippen LogP contribution in [0.5, 0.6) is 5.75 Å². The Morgan fingerprint density at radius 2 is 1.30 bits per heavy atom. The van der Waals surface area contributed by atoms with Crippen molar-refractivity contribution >= 4 is 11.4 Å². The standard InChI is InChI=1S/C10H9F7N2O/c11-8(12,9(13,14)10(15,16)17)4-20-7-2-5(18)1-6(19)3-7/h1-3H,4,18-19H2. The molecule has 0 aliphatic heterocycles. The van der Waals surface area contributed by atoms with Crippen molar-refractivity contribution in [3.05, 3.63) is 18.2 Å². The summed E-state index contributed by atoms with van der Waals surface area (Å²) in [5.74, 6) is -12.1. The average Bonchev–Trinajstić information content (AvgIpc) is 2.23. The van der Waals surface area contributed by atoms with Crippen molar-refractivity contribution in [2.75, 3.05) is 18.1 Å². The highest BCUT2D eigenvalue weighted by Crippen LogP contribution is 2.46. The maximum Gasteiger partial charge on any atom is 0.460 e. The van der Waals surface area contributed by atoms with Gasteiger partial charge in [0.15, 0.2) is 6.61 Å². The van der Waals surface area contributed by atoms with E-state index in [1.807, 2.05) is 0 Å². The molecule has 0 aliphatic carbocycles. The summed E-state index contributed by atoms with van der Waals surface area (Å²) in [6, 6.07) is 3.13. The van der Waals surface area contributed by atoms with Gasteiger partial charge in [0, 0.05) is 23.5 Å². The lowest BCUT2D eigenvalue weighted by molar-refractivity contribution is -0.358. The Hall–Kier alpha value is -1.87. The van der Waals surface area contributed by atoms with E-state index in [2.05, 4.69) is 4.74 Å². The van der Waals surface area contributed by atoms with Gasteiger partial charge >= 0.3 is 18.0 Å². The second-order valence-electron chi connectivity index (χ2n) is 3.90. The fraction of sp³-hybridized carbons (Fsp3) is 0.400. The maximum absolute atomic E-state index is 12.9. The first-order valence-corrected chi connectivity index (χ1v) is 4.98. The SMILES string of the molecule is Nc1cc(N)cc(OCC(F)(F)C(F)(F)C(F)(F)F)c1. The first-order valence-electron chi connectivity index (χ1n) is 4.98. The Bertz CT molecular complexity index is 467. The van der Waals surface area contributed by atoms with Crippen molar-refractivity contribution < 1.29 is 35.5 Å². The third-order valence-electron chi connectivity index (χ3n) is 2.19. The zero-order valence-electron chi connectivity index (χ0n) is 9.65. The molecule has 114 valence electrons. The Balaban J connectivity index is 2.87. The fourth-order valence-electron chi connectivity index (χ4n) is 1.20. The summed E-state index contributed by atoms with van der Waals surface area (Å²) < 4.78 is 90.8. The predicted octanol–water partition coefficient (Wildman–Crippen LogP) is 3.06. The number of nitrogen functional groups attached to an aromatic ring is 2. The van der Waals surface area contributed by atoms with Gasteiger partial charge in [-0.2, -0.15) is 30.7 Å². The van der Waals surface area contributed by atoms with Crippen LogP contribution in [0.1, 0.15) is 0 Å². The zero-order chi connectivity index (χ0) is 15.8. The van der Waals surface area contributed by atoms with E-state index in [4.69, 9.17) is 11.5 Å². The molecular weight excluding hydrogens is 297 g/mol. The lowest BCUT2D eigenvalue weighted by atomic mass is 10.2. The number of ether oxygens (including phenoxy) is 1. The molecule has 0 radical (unpaired) electrons. The molecule has 0 unspecified atom stereocenters. The molecule has 1 aromatic rings. The molecule has 0 atom stereocenters. The molecule has 0 aromatic heterocycles. The highest BCUT2D eigenvalue weighted by Gasteiger charge is 2.73. The molecular formula is C10H9F7N2O. The molecule has 3 nitrogen and oxygen atoms in total. The van der Waals surface area contributed by atoms with Gasteiger partial charge in [0.05, 0.1) is 0 Å². The van der Waals surface area contributed by atoms with Gasteiger partial charge < -0.3 is 16.2 Å². The van der Waals surface area contributed by atoms with Crippen molar-refractivity contribution in [3.8, 4) is 5.75 Å². The quantitative estimate of drug-likeness (QED) is 0.664. The number of hydrogen-bond acceptors (Lipinski definition) is 3. The van der Waals surface area contributed by atoms with Crippen LogP contribution >= 0.6 is 0 Å². The minimum atomic E-state index is -6.39. The molecule has 0 aliphatic rings. The van der Waals surface area contributed by atoms with E-state index in [1.165, 1.54) is 6.07 Å². The van der Waals surface area contributed by atoms with Crippen LogP contribution in [0.15, 0.2) is 18.2 Å². The number of nitrogens with two attached hydrogens (primary N) is 2. The molecule has 0 saturated carbocycles. The highest BCUT2D eigenvalue weighted by molar-refractivity contribution is 5.56. The Morgan fingerprint density at radius 1 is 0.850 bits per heavy atom. The third kappa shape index (κ3) is 3.17. The Labute approximate surface area is 108 Å². The molecule has 1 rings (SSSR count). The van der Waals surface area contributed by atoms with E-state index in [0.717, 1.165) is 12.1 Å². The average molecular weight is 306 g/mol. The van der Waals surface area contributed by atoms with Crippen LogP contribution in [0.3, 0.4) is 0 Å². The second kappa shape index (κ2) is 4.91. The number of alkyl halides is 7. The number of halogens is 7. The first kappa shape index (κ1) is 16.2. The Morgan fingerprint density at radius 3 is 1.70 bits per heavy atom. The molecule has 4 N–H and O–H groups in total. The van der Waals surface area contributed by atoms with Gasteiger partial charge in [-0.1, -0.05) is 0 Å². The van der Waals surface area contributed by atoms with Crippen LogP contribution in [0.2, 0.25) is 0 Å². The number of anilines is 2. The molecule has 20 heavy (non-hydrogen) atoms. The van der Waals surface area contributed by atoms with Crippen LogP contribution in [0, 0.1) is 0 Å². The molecule has 0 saturated heterocycles. The van der Waals surface area contributed by atoms with Gasteiger partial charge in [0.25, 0.3) is 0 Å². The second-order valence-corrected chi connectivity index (χ2v) is 3.90. The summed E-state index contributed by atoms with van der Waals surface area (Å²) in [7, 11) is 0. The topological polar surface area (TPSA) is 61.3 Å². The van der Waals surface area contributed by atoms with Crippen LogP contribution in [0.4, 0.5) is 42.1 Å². The van der Waals surface area contributed by atoms with E-state index >= 15 is 0 Å². The summed E-state index contributed by atoms with van der Waals surface area (Å²) in [6.07, 6.45) is -6.39. The number of rotatable bonds is 4. The van der Waals surface area contributed by atoms with E-state index in [-0.39, 0.29) is 11.4 Å². The number of hydrogen-bond donors (Lipinski definition) is 2. The molecule has 0 spiro atoms. The summed E-state index contributed by atoms with van der Waals surface area (Å²) in [4.78, 5) is 0. The maximum atomic E-state index is 12.9. The van der Waals surface area contributed by atoms with Gasteiger partial charge in [-0.25, -0.2) is 0 Å². The van der Waals surface area contributed by atoms with Gasteiger partial charge in [-0.3, -0.25) is 0 Å². The van der Waals surface area contributed by atoms with Gasteiger partial charge in [0.2, 0.25) is 0 Å². The summed E-state index contributed by atoms with van der Waals surface area (Å²) in [6.45, 7) is -2.18. The summed E-state index contributed by atoms with van der Waals surface area (Å²) in [5.41, 5.74) is 10.5. The van der Waals surface area contributed by atoms with Crippen molar-refractivity contribution in [2.24, 2.45) is 0 Å². The molecule has 10 heteroatoms. The molecule has 0 heterocycles. The first-order chi connectivity index (χ1) is 8.87. The van der Waals surface area contributed by atoms with E-state index in [0.29, 0.717) is 0 Å². The highest BCUT2D eigenvalue weighted by atomic mass is 19.4. The van der Waals surface area contributed by atoms with Gasteiger partial charge in [-0.05, 0) is 6.07 Å². The minimum absolute atomic E-state index is 0.0223. The Kier molecular flexibility index (Phi) is 3.97. The third-order valence-corrected chi connectivity index (χ3v) is 2.19. The van der Waals surface area contributed by atoms with Crippen molar-refractivity contribution in [3.63, 3.8) is 0 Å².